The van der Waals surface area contributed by atoms with Gasteiger partial charge < -0.3 is 134 Å². The predicted octanol–water partition coefficient (Wildman–Crippen LogP) is -4.85. The Hall–Kier alpha value is -2.32. The van der Waals surface area contributed by atoms with Crippen molar-refractivity contribution in [2.24, 2.45) is 50.2 Å². The van der Waals surface area contributed by atoms with Gasteiger partial charge in [-0.25, -0.2) is 0 Å². The fraction of sp³-hybridized carbons (Fsp3) is 0.931. The smallest absolute Gasteiger partial charge is 0.317 e. The second-order valence-electron chi connectivity index (χ2n) is 28.1. The molecule has 5 aliphatic heterocycles. The van der Waals surface area contributed by atoms with Gasteiger partial charge in [-0.1, -0.05) is 46.3 Å². The third kappa shape index (κ3) is 11.1. The molecule has 16 N–H and O–H groups in total. The van der Waals surface area contributed by atoms with E-state index in [1.54, 1.807) is 0 Å². The van der Waals surface area contributed by atoms with Crippen LogP contribution in [0.25, 0.3) is 0 Å². The molecular formula is C58H92O29. The van der Waals surface area contributed by atoms with Gasteiger partial charge >= 0.3 is 11.9 Å². The summed E-state index contributed by atoms with van der Waals surface area (Å²) in [6.45, 7) is 9.01. The number of aliphatic hydroxyl groups excluding tert-OH is 15. The van der Waals surface area contributed by atoms with Crippen molar-refractivity contribution in [1.29, 1.82) is 0 Å². The van der Waals surface area contributed by atoms with Crippen LogP contribution in [-0.2, 0) is 61.7 Å². The molecule has 9 fully saturated rings. The van der Waals surface area contributed by atoms with Crippen molar-refractivity contribution < 1.29 is 143 Å². The predicted molar refractivity (Wildman–Crippen MR) is 286 cm³/mol. The number of aliphatic hydroxyl groups is 16. The molecule has 10 rings (SSSR count). The minimum absolute atomic E-state index is 0.0588. The summed E-state index contributed by atoms with van der Waals surface area (Å²) in [4.78, 5) is 28.2. The number of rotatable bonds is 14. The molecule has 0 radical (unpaired) electrons. The highest BCUT2D eigenvalue weighted by atomic mass is 16.8. The van der Waals surface area contributed by atoms with Gasteiger partial charge in [0, 0.05) is 12.3 Å². The summed E-state index contributed by atoms with van der Waals surface area (Å²) in [6.07, 6.45) is -34.3. The standard InChI is InChI=1S/C58H92O29/c1-23-39(82-46-37(71)40(29(65)18-77-46)83-50-43(73)57(76,21-61)22-79-50)41(81-24(2)62)38(72)48(80-23)84-42-33(67)28(64)17-78-49(42)87-51(75)58-13-12-52(3,4)14-26(58)25-8-9-30-53(5)15-27(63)44(85-47-36(70)34(68)35(69)45(74)86-47)56(19-59,20-60)31(53)10-11-54(30,6)55(25,7)16-32(58)66/h8,23,26-50,59-61,63-74,76H,9-22H2,1-7H3. The Morgan fingerprint density at radius 1 is 0.598 bits per heavy atom. The molecule has 31 atom stereocenters. The average molecular weight is 1250 g/mol. The average Bonchev–Trinajstić information content (AvgIpc) is 1.29. The summed E-state index contributed by atoms with van der Waals surface area (Å²) in [5, 5.41) is 177. The lowest BCUT2D eigenvalue weighted by molar-refractivity contribution is -0.373. The van der Waals surface area contributed by atoms with Crippen molar-refractivity contribution in [3.63, 3.8) is 0 Å². The second-order valence-corrected chi connectivity index (χ2v) is 28.1. The normalized spacial score (nSPS) is 52.9. The molecule has 10 aliphatic rings. The molecule has 0 aromatic carbocycles. The van der Waals surface area contributed by atoms with E-state index in [1.165, 1.54) is 6.92 Å². The first-order valence-corrected chi connectivity index (χ1v) is 30.3. The van der Waals surface area contributed by atoms with Gasteiger partial charge in [-0.3, -0.25) is 9.59 Å². The molecule has 4 saturated carbocycles. The molecule has 87 heavy (non-hydrogen) atoms. The highest BCUT2D eigenvalue weighted by Gasteiger charge is 2.74. The van der Waals surface area contributed by atoms with Crippen LogP contribution in [0.3, 0.4) is 0 Å². The van der Waals surface area contributed by atoms with Crippen LogP contribution in [0, 0.1) is 50.2 Å². The van der Waals surface area contributed by atoms with Crippen molar-refractivity contribution in [3.05, 3.63) is 11.6 Å². The third-order valence-corrected chi connectivity index (χ3v) is 22.6. The molecule has 0 amide bonds. The zero-order valence-corrected chi connectivity index (χ0v) is 50.0. The number of allylic oxidation sites excluding steroid dienone is 2. The van der Waals surface area contributed by atoms with Crippen LogP contribution in [0.5, 0.6) is 0 Å². The van der Waals surface area contributed by atoms with Gasteiger partial charge in [-0.15, -0.1) is 0 Å². The van der Waals surface area contributed by atoms with Gasteiger partial charge in [0.05, 0.1) is 64.1 Å². The maximum absolute atomic E-state index is 15.5. The number of hydrogen-bond acceptors (Lipinski definition) is 29. The van der Waals surface area contributed by atoms with Crippen LogP contribution in [0.2, 0.25) is 0 Å². The van der Waals surface area contributed by atoms with Crippen LogP contribution in [-0.4, -0.2) is 280 Å². The maximum Gasteiger partial charge on any atom is 0.317 e. The number of carbonyl (C=O) groups is 2. The maximum atomic E-state index is 15.5. The molecule has 5 saturated heterocycles. The number of fused-ring (bicyclic) bond motifs is 7. The number of esters is 2. The lowest BCUT2D eigenvalue weighted by Gasteiger charge is -2.72. The zero-order chi connectivity index (χ0) is 63.6. The van der Waals surface area contributed by atoms with E-state index >= 15 is 4.79 Å². The van der Waals surface area contributed by atoms with Crippen LogP contribution < -0.4 is 0 Å². The number of hydrogen-bond donors (Lipinski definition) is 16. The van der Waals surface area contributed by atoms with Crippen molar-refractivity contribution in [2.45, 2.75) is 247 Å². The minimum atomic E-state index is -2.10. The molecule has 0 aromatic heterocycles. The van der Waals surface area contributed by atoms with E-state index in [4.69, 9.17) is 52.1 Å². The van der Waals surface area contributed by atoms with Crippen molar-refractivity contribution in [2.75, 3.05) is 39.6 Å². The quantitative estimate of drug-likeness (QED) is 0.0441. The first kappa shape index (κ1) is 67.6. The lowest BCUT2D eigenvalue weighted by Crippen LogP contribution is -2.71. The summed E-state index contributed by atoms with van der Waals surface area (Å²) in [5.74, 6) is -3.25. The van der Waals surface area contributed by atoms with Gasteiger partial charge in [0.25, 0.3) is 0 Å². The van der Waals surface area contributed by atoms with E-state index < -0.39 is 238 Å². The zero-order valence-electron chi connectivity index (χ0n) is 50.0. The van der Waals surface area contributed by atoms with Gasteiger partial charge in [-0.05, 0) is 97.7 Å². The van der Waals surface area contributed by atoms with Crippen LogP contribution in [0.15, 0.2) is 11.6 Å². The lowest BCUT2D eigenvalue weighted by atomic mass is 9.33. The second kappa shape index (κ2) is 24.5. The molecule has 5 heterocycles. The SMILES string of the molecule is CC(=O)OC1C(O)C(OC2C(OC(=O)C34CCC(C)(C)CC3C3=CCC5C6(C)CC(O)C(OC7OC(O)C(O)C(O)C7O)C(CO)(CO)C6CCC5(C)C3(C)CC4O)OCC(O)C2O)OC(C)C1OC1OCC(O)C(OC2OCC(O)(CO)C2O)C1O. The Bertz CT molecular complexity index is 2490. The Morgan fingerprint density at radius 3 is 1.89 bits per heavy atom. The molecule has 5 aliphatic carbocycles. The summed E-state index contributed by atoms with van der Waals surface area (Å²) in [5.41, 5.74) is -7.03. The van der Waals surface area contributed by atoms with Gasteiger partial charge in [0.15, 0.2) is 43.7 Å². The van der Waals surface area contributed by atoms with E-state index in [-0.39, 0.29) is 30.6 Å². The number of ether oxygens (including phenoxy) is 11. The molecule has 31 unspecified atom stereocenters. The third-order valence-electron chi connectivity index (χ3n) is 22.6. The Balaban J connectivity index is 0.883. The van der Waals surface area contributed by atoms with Gasteiger partial charge in [0.1, 0.15) is 78.2 Å². The molecular weight excluding hydrogens is 1160 g/mol. The summed E-state index contributed by atoms with van der Waals surface area (Å²) in [7, 11) is 0. The molecule has 29 nitrogen and oxygen atoms in total. The topological polar surface area (TPSA) is 459 Å². The van der Waals surface area contributed by atoms with Crippen LogP contribution in [0.1, 0.15) is 99.8 Å². The van der Waals surface area contributed by atoms with E-state index in [0.717, 1.165) is 12.5 Å². The minimum Gasteiger partial charge on any atom is -0.457 e. The van der Waals surface area contributed by atoms with E-state index in [0.29, 0.717) is 32.1 Å². The fourth-order valence-electron chi connectivity index (χ4n) is 17.5. The first-order valence-electron chi connectivity index (χ1n) is 30.3. The van der Waals surface area contributed by atoms with Crippen LogP contribution in [0.4, 0.5) is 0 Å². The Kier molecular flexibility index (Phi) is 19.1. The van der Waals surface area contributed by atoms with Crippen LogP contribution >= 0.6 is 0 Å². The highest BCUT2D eigenvalue weighted by molar-refractivity contribution is 5.80. The summed E-state index contributed by atoms with van der Waals surface area (Å²) < 4.78 is 64.2. The first-order chi connectivity index (χ1) is 40.7. The van der Waals surface area contributed by atoms with Gasteiger partial charge in [0.2, 0.25) is 6.29 Å². The van der Waals surface area contributed by atoms with Crippen molar-refractivity contribution in [1.82, 2.24) is 0 Å². The Labute approximate surface area is 502 Å². The number of carbonyl (C=O) groups excluding carboxylic acids is 2. The van der Waals surface area contributed by atoms with Gasteiger partial charge in [-0.2, -0.15) is 0 Å². The molecule has 0 spiro atoms. The summed E-state index contributed by atoms with van der Waals surface area (Å²) in [6, 6.07) is 0. The van der Waals surface area contributed by atoms with E-state index in [9.17, 15) is 86.5 Å². The molecule has 0 aromatic rings. The highest BCUT2D eigenvalue weighted by Crippen LogP contribution is 2.76. The van der Waals surface area contributed by atoms with Crippen molar-refractivity contribution >= 4 is 11.9 Å². The van der Waals surface area contributed by atoms with E-state index in [2.05, 4.69) is 33.8 Å². The van der Waals surface area contributed by atoms with E-state index in [1.807, 2.05) is 6.92 Å². The molecule has 0 bridgehead atoms. The summed E-state index contributed by atoms with van der Waals surface area (Å²) >= 11 is 0. The molecule has 29 heteroatoms. The fourth-order valence-corrected chi connectivity index (χ4v) is 17.5. The largest absolute Gasteiger partial charge is 0.457 e. The molecule has 498 valence electrons. The Morgan fingerprint density at radius 2 is 1.23 bits per heavy atom. The monoisotopic (exact) mass is 1250 g/mol. The van der Waals surface area contributed by atoms with Crippen molar-refractivity contribution in [3.8, 4) is 0 Å².